The summed E-state index contributed by atoms with van der Waals surface area (Å²) in [5.74, 6) is 0. The zero-order chi connectivity index (χ0) is 16.8. The minimum atomic E-state index is -5.48. The Kier molecular flexibility index (Phi) is 8.60. The largest absolute Gasteiger partial charge is 0.522 e. The zero-order valence-corrected chi connectivity index (χ0v) is 14.9. The van der Waals surface area contributed by atoms with Gasteiger partial charge in [-0.1, -0.05) is 20.8 Å². The lowest BCUT2D eigenvalue weighted by Crippen LogP contribution is -2.45. The second-order valence-corrected chi connectivity index (χ2v) is 12.1. The summed E-state index contributed by atoms with van der Waals surface area (Å²) in [5, 5.41) is -0.592. The van der Waals surface area contributed by atoms with Gasteiger partial charge in [-0.05, 0) is 32.0 Å². The highest BCUT2D eigenvalue weighted by molar-refractivity contribution is 7.88. The van der Waals surface area contributed by atoms with E-state index < -0.39 is 29.0 Å². The lowest BCUT2D eigenvalue weighted by molar-refractivity contribution is -0.0504. The van der Waals surface area contributed by atoms with Crippen LogP contribution in [0.2, 0.25) is 18.1 Å². The number of halogens is 3. The number of ether oxygens (including phenoxy) is 1. The van der Waals surface area contributed by atoms with Crippen molar-refractivity contribution in [2.45, 2.75) is 58.3 Å². The molecule has 20 heavy (non-hydrogen) atoms. The molecule has 0 unspecified atom stereocenters. The van der Waals surface area contributed by atoms with Gasteiger partial charge in [0.15, 0.2) is 0 Å². The van der Waals surface area contributed by atoms with Crippen molar-refractivity contribution < 1.29 is 30.2 Å². The van der Waals surface area contributed by atoms with Crippen LogP contribution in [0, 0.1) is 0 Å². The maximum absolute atomic E-state index is 12.1. The van der Waals surface area contributed by atoms with Crippen LogP contribution < -0.4 is 0 Å². The van der Waals surface area contributed by atoms with E-state index in [0.29, 0.717) is 0 Å². The fourth-order valence-corrected chi connectivity index (χ4v) is 4.22. The van der Waals surface area contributed by atoms with E-state index in [1.54, 1.807) is 20.8 Å². The van der Waals surface area contributed by atoms with Crippen LogP contribution in [0.15, 0.2) is 0 Å². The van der Waals surface area contributed by atoms with Crippen molar-refractivity contribution in [2.24, 2.45) is 0 Å². The predicted molar refractivity (Wildman–Crippen MR) is 75.4 cm³/mol. The van der Waals surface area contributed by atoms with Gasteiger partial charge >= 0.3 is 15.6 Å². The molecule has 0 rings (SSSR count). The average molecular weight is 338 g/mol. The predicted octanol–water partition coefficient (Wildman–Crippen LogP) is 3.90. The molecule has 0 fully saturated rings. The Morgan fingerprint density at radius 3 is 1.50 bits per heavy atom. The van der Waals surface area contributed by atoms with Crippen molar-refractivity contribution in [2.75, 3.05) is 13.2 Å². The molecule has 0 amide bonds. The Balaban J connectivity index is 0. The molecule has 0 N–H and O–H groups in total. The summed E-state index contributed by atoms with van der Waals surface area (Å²) >= 11 is 0. The van der Waals surface area contributed by atoms with Gasteiger partial charge in [0, 0.05) is 13.2 Å². The molecule has 9 heteroatoms. The minimum absolute atomic E-state index is 0.592. The quantitative estimate of drug-likeness (QED) is 0.576. The first-order valence-corrected chi connectivity index (χ1v) is 10.5. The summed E-state index contributed by atoms with van der Waals surface area (Å²) in [5.41, 5.74) is -5.34. The topological polar surface area (TPSA) is 52.6 Å². The third-order valence-corrected chi connectivity index (χ3v) is 9.54. The van der Waals surface area contributed by atoms with Crippen LogP contribution in [-0.4, -0.2) is 35.5 Å². The van der Waals surface area contributed by atoms with Crippen molar-refractivity contribution in [3.05, 3.63) is 0 Å². The van der Waals surface area contributed by atoms with Crippen LogP contribution in [0.4, 0.5) is 13.2 Å². The summed E-state index contributed by atoms with van der Waals surface area (Å²) in [6.45, 7) is 13.5. The van der Waals surface area contributed by atoms with Crippen molar-refractivity contribution in [1.82, 2.24) is 0 Å². The Bertz CT molecular complexity index is 370. The van der Waals surface area contributed by atoms with Gasteiger partial charge in [-0.15, -0.1) is 0 Å². The molecule has 0 atom stereocenters. The lowest BCUT2D eigenvalue weighted by Gasteiger charge is -2.35. The molecular weight excluding hydrogens is 313 g/mol. The van der Waals surface area contributed by atoms with Crippen LogP contribution in [0.3, 0.4) is 0 Å². The van der Waals surface area contributed by atoms with Crippen LogP contribution in [0.5, 0.6) is 0 Å². The Morgan fingerprint density at radius 2 is 1.35 bits per heavy atom. The monoisotopic (exact) mass is 338 g/mol. The minimum Gasteiger partial charge on any atom is -0.382 e. The van der Waals surface area contributed by atoms with Gasteiger partial charge in [-0.25, -0.2) is 0 Å². The van der Waals surface area contributed by atoms with E-state index in [0.717, 1.165) is 13.2 Å². The van der Waals surface area contributed by atoms with Crippen molar-refractivity contribution in [3.63, 3.8) is 0 Å². The summed E-state index contributed by atoms with van der Waals surface area (Å²) in [6.07, 6.45) is 0. The molecule has 0 aromatic rings. The maximum atomic E-state index is 12.1. The maximum Gasteiger partial charge on any atom is 0.522 e. The molecule has 0 radical (unpaired) electrons. The summed E-state index contributed by atoms with van der Waals surface area (Å²) in [4.78, 5) is 0. The van der Waals surface area contributed by atoms with Gasteiger partial charge in [-0.3, -0.25) is 0 Å². The van der Waals surface area contributed by atoms with E-state index in [1.165, 1.54) is 13.1 Å². The molecule has 0 bridgehead atoms. The smallest absolute Gasteiger partial charge is 0.382 e. The van der Waals surface area contributed by atoms with Gasteiger partial charge in [0.2, 0.25) is 8.32 Å². The summed E-state index contributed by atoms with van der Waals surface area (Å²) in [7, 11) is -8.43. The third-order valence-electron chi connectivity index (χ3n) is 2.82. The fourth-order valence-electron chi connectivity index (χ4n) is 0.651. The normalized spacial score (nSPS) is 13.7. The lowest BCUT2D eigenvalue weighted by atomic mass is 10.2. The van der Waals surface area contributed by atoms with Gasteiger partial charge in [-0.2, -0.15) is 21.6 Å². The summed E-state index contributed by atoms with van der Waals surface area (Å²) in [6, 6.07) is 0. The molecule has 4 nitrogen and oxygen atoms in total. The first kappa shape index (κ1) is 22.2. The molecule has 0 aromatic heterocycles. The number of rotatable bonds is 4. The second kappa shape index (κ2) is 7.76. The standard InChI is InChI=1S/C7H15F3O3SSi.C4H10O/c1-6(2,3)15(4,5)13-14(11,12)7(8,9)10;1-3-5-4-2/h1-5H3;3-4H2,1-2H3. The van der Waals surface area contributed by atoms with Crippen molar-refractivity contribution in [3.8, 4) is 0 Å². The van der Waals surface area contributed by atoms with Crippen LogP contribution in [0.25, 0.3) is 0 Å². The van der Waals surface area contributed by atoms with E-state index >= 15 is 0 Å². The zero-order valence-electron chi connectivity index (χ0n) is 13.1. The molecule has 0 spiro atoms. The average Bonchev–Trinajstić information content (AvgIpc) is 2.14. The van der Waals surface area contributed by atoms with Gasteiger partial charge in [0.1, 0.15) is 0 Å². The molecule has 0 saturated carbocycles. The van der Waals surface area contributed by atoms with Crippen LogP contribution >= 0.6 is 0 Å². The molecule has 0 aliphatic heterocycles. The third kappa shape index (κ3) is 7.60. The molecule has 0 aliphatic rings. The highest BCUT2D eigenvalue weighted by Gasteiger charge is 2.52. The first-order chi connectivity index (χ1) is 8.62. The molecule has 0 aromatic carbocycles. The number of hydrogen-bond acceptors (Lipinski definition) is 4. The Labute approximate surface area is 120 Å². The van der Waals surface area contributed by atoms with Gasteiger partial charge in [0.25, 0.3) is 0 Å². The highest BCUT2D eigenvalue weighted by atomic mass is 32.2. The van der Waals surface area contributed by atoms with E-state index in [9.17, 15) is 21.6 Å². The second-order valence-electron chi connectivity index (χ2n) is 5.52. The van der Waals surface area contributed by atoms with E-state index in [4.69, 9.17) is 4.74 Å². The van der Waals surface area contributed by atoms with Crippen LogP contribution in [0.1, 0.15) is 34.6 Å². The van der Waals surface area contributed by atoms with Gasteiger partial charge < -0.3 is 8.61 Å². The summed E-state index contributed by atoms with van der Waals surface area (Å²) < 4.78 is 67.0. The number of hydrogen-bond donors (Lipinski definition) is 0. The Morgan fingerprint density at radius 1 is 1.00 bits per heavy atom. The Hall–Kier alpha value is -0.123. The molecule has 0 aliphatic carbocycles. The first-order valence-electron chi connectivity index (χ1n) is 6.22. The highest BCUT2D eigenvalue weighted by Crippen LogP contribution is 2.40. The molecule has 0 saturated heterocycles. The molecular formula is C11H25F3O4SSi. The fraction of sp³-hybridized carbons (Fsp3) is 1.00. The van der Waals surface area contributed by atoms with Crippen molar-refractivity contribution in [1.29, 1.82) is 0 Å². The van der Waals surface area contributed by atoms with Crippen LogP contribution in [-0.2, 0) is 18.7 Å². The number of alkyl halides is 3. The van der Waals surface area contributed by atoms with E-state index in [-0.39, 0.29) is 0 Å². The van der Waals surface area contributed by atoms with E-state index in [1.807, 2.05) is 13.8 Å². The molecule has 124 valence electrons. The van der Waals surface area contributed by atoms with Gasteiger partial charge in [0.05, 0.1) is 0 Å². The molecule has 0 heterocycles. The SMILES string of the molecule is CC(C)(C)[Si](C)(C)OS(=O)(=O)C(F)(F)F.CCOCC. The van der Waals surface area contributed by atoms with E-state index in [2.05, 4.69) is 3.87 Å². The van der Waals surface area contributed by atoms with Crippen molar-refractivity contribution >= 4 is 18.4 Å².